The van der Waals surface area contributed by atoms with E-state index in [-0.39, 0.29) is 0 Å². The molecule has 3 nitrogen and oxygen atoms in total. The average Bonchev–Trinajstić information content (AvgIpc) is 2.85. The molecule has 0 spiro atoms. The summed E-state index contributed by atoms with van der Waals surface area (Å²) >= 11 is 0. The van der Waals surface area contributed by atoms with Crippen molar-refractivity contribution in [2.24, 2.45) is 0 Å². The van der Waals surface area contributed by atoms with E-state index < -0.39 is 0 Å². The van der Waals surface area contributed by atoms with Crippen LogP contribution in [0.5, 0.6) is 0 Å². The van der Waals surface area contributed by atoms with Crippen LogP contribution in [0.4, 0.5) is 0 Å². The van der Waals surface area contributed by atoms with Crippen LogP contribution in [0.2, 0.25) is 0 Å². The predicted molar refractivity (Wildman–Crippen MR) is 61.8 cm³/mol. The molecule has 1 aromatic heterocycles. The van der Waals surface area contributed by atoms with E-state index >= 15 is 0 Å². The number of hydrogen-bond donors (Lipinski definition) is 1. The molecule has 0 atom stereocenters. The molecule has 1 aromatic rings. The predicted octanol–water partition coefficient (Wildman–Crippen LogP) is 2.11. The highest BCUT2D eigenvalue weighted by Gasteiger charge is 2.13. The van der Waals surface area contributed by atoms with E-state index in [2.05, 4.69) is 28.0 Å². The fourth-order valence-corrected chi connectivity index (χ4v) is 2.33. The Balaban J connectivity index is 1.60. The first-order chi connectivity index (χ1) is 7.36. The van der Waals surface area contributed by atoms with Gasteiger partial charge in [0.2, 0.25) is 0 Å². The van der Waals surface area contributed by atoms with Gasteiger partial charge in [0.25, 0.3) is 0 Å². The van der Waals surface area contributed by atoms with Gasteiger partial charge in [0, 0.05) is 25.0 Å². The molecule has 0 amide bonds. The summed E-state index contributed by atoms with van der Waals surface area (Å²) in [4.78, 5) is 4.22. The molecule has 1 saturated carbocycles. The number of rotatable bonds is 5. The van der Waals surface area contributed by atoms with Crippen molar-refractivity contribution < 1.29 is 0 Å². The lowest BCUT2D eigenvalue weighted by atomic mass is 10.2. The molecular weight excluding hydrogens is 186 g/mol. The Labute approximate surface area is 91.9 Å². The number of aryl methyl sites for hydroxylation is 2. The SMILES string of the molecule is Cc1nccn1CCCNC1CCCC1. The van der Waals surface area contributed by atoms with Crippen LogP contribution in [-0.2, 0) is 6.54 Å². The third-order valence-corrected chi connectivity index (χ3v) is 3.29. The van der Waals surface area contributed by atoms with Gasteiger partial charge in [-0.05, 0) is 32.7 Å². The maximum absolute atomic E-state index is 4.22. The van der Waals surface area contributed by atoms with E-state index in [1.807, 2.05) is 6.20 Å². The standard InChI is InChI=1S/C12H21N3/c1-11-13-8-10-15(11)9-4-7-14-12-5-2-3-6-12/h8,10,12,14H,2-7,9H2,1H3. The third kappa shape index (κ3) is 3.06. The molecule has 0 radical (unpaired) electrons. The lowest BCUT2D eigenvalue weighted by Gasteiger charge is -2.11. The van der Waals surface area contributed by atoms with Gasteiger partial charge in [0.15, 0.2) is 0 Å². The molecule has 15 heavy (non-hydrogen) atoms. The van der Waals surface area contributed by atoms with Crippen LogP contribution in [0.15, 0.2) is 12.4 Å². The quantitative estimate of drug-likeness (QED) is 0.749. The van der Waals surface area contributed by atoms with Crippen LogP contribution in [0.1, 0.15) is 37.9 Å². The number of imidazole rings is 1. The summed E-state index contributed by atoms with van der Waals surface area (Å²) in [5, 5.41) is 3.63. The molecule has 2 rings (SSSR count). The summed E-state index contributed by atoms with van der Waals surface area (Å²) in [6, 6.07) is 0.800. The maximum atomic E-state index is 4.22. The van der Waals surface area contributed by atoms with Crippen LogP contribution < -0.4 is 5.32 Å². The Morgan fingerprint density at radius 2 is 2.27 bits per heavy atom. The van der Waals surface area contributed by atoms with Gasteiger partial charge in [-0.15, -0.1) is 0 Å². The molecule has 84 valence electrons. The number of hydrogen-bond acceptors (Lipinski definition) is 2. The van der Waals surface area contributed by atoms with E-state index in [0.29, 0.717) is 0 Å². The second-order valence-corrected chi connectivity index (χ2v) is 4.46. The minimum Gasteiger partial charge on any atom is -0.335 e. The van der Waals surface area contributed by atoms with Crippen molar-refractivity contribution in [3.63, 3.8) is 0 Å². The van der Waals surface area contributed by atoms with Crippen LogP contribution >= 0.6 is 0 Å². The zero-order valence-electron chi connectivity index (χ0n) is 9.58. The molecule has 0 bridgehead atoms. The number of aromatic nitrogens is 2. The van der Waals surface area contributed by atoms with Crippen molar-refractivity contribution in [3.05, 3.63) is 18.2 Å². The van der Waals surface area contributed by atoms with Crippen molar-refractivity contribution in [3.8, 4) is 0 Å². The Bertz CT molecular complexity index is 287. The van der Waals surface area contributed by atoms with Crippen LogP contribution in [-0.4, -0.2) is 22.1 Å². The monoisotopic (exact) mass is 207 g/mol. The van der Waals surface area contributed by atoms with Crippen molar-refractivity contribution in [1.29, 1.82) is 0 Å². The van der Waals surface area contributed by atoms with Crippen molar-refractivity contribution in [2.75, 3.05) is 6.54 Å². The molecule has 1 heterocycles. The molecule has 0 saturated heterocycles. The fourth-order valence-electron chi connectivity index (χ4n) is 2.33. The van der Waals surface area contributed by atoms with E-state index in [4.69, 9.17) is 0 Å². The normalized spacial score (nSPS) is 17.4. The van der Waals surface area contributed by atoms with Gasteiger partial charge < -0.3 is 9.88 Å². The maximum Gasteiger partial charge on any atom is 0.105 e. The number of nitrogens with zero attached hydrogens (tertiary/aromatic N) is 2. The molecule has 1 aliphatic carbocycles. The Morgan fingerprint density at radius 1 is 1.47 bits per heavy atom. The Hall–Kier alpha value is -0.830. The van der Waals surface area contributed by atoms with Crippen molar-refractivity contribution in [2.45, 2.75) is 51.6 Å². The second-order valence-electron chi connectivity index (χ2n) is 4.46. The minimum atomic E-state index is 0.800. The highest BCUT2D eigenvalue weighted by atomic mass is 15.1. The van der Waals surface area contributed by atoms with Gasteiger partial charge in [-0.25, -0.2) is 4.98 Å². The largest absolute Gasteiger partial charge is 0.335 e. The molecule has 1 fully saturated rings. The van der Waals surface area contributed by atoms with E-state index in [1.54, 1.807) is 0 Å². The summed E-state index contributed by atoms with van der Waals surface area (Å²) in [6.07, 6.45) is 10.7. The van der Waals surface area contributed by atoms with E-state index in [1.165, 1.54) is 32.1 Å². The Morgan fingerprint density at radius 3 is 2.93 bits per heavy atom. The zero-order valence-corrected chi connectivity index (χ0v) is 9.58. The van der Waals surface area contributed by atoms with Gasteiger partial charge in [-0.3, -0.25) is 0 Å². The van der Waals surface area contributed by atoms with E-state index in [0.717, 1.165) is 25.0 Å². The highest BCUT2D eigenvalue weighted by Crippen LogP contribution is 2.17. The lowest BCUT2D eigenvalue weighted by molar-refractivity contribution is 0.493. The summed E-state index contributed by atoms with van der Waals surface area (Å²) < 4.78 is 2.22. The summed E-state index contributed by atoms with van der Waals surface area (Å²) in [5.41, 5.74) is 0. The highest BCUT2D eigenvalue weighted by molar-refractivity contribution is 4.88. The minimum absolute atomic E-state index is 0.800. The molecule has 3 heteroatoms. The molecule has 1 aliphatic rings. The summed E-state index contributed by atoms with van der Waals surface area (Å²) in [5.74, 6) is 1.12. The topological polar surface area (TPSA) is 29.9 Å². The first-order valence-electron chi connectivity index (χ1n) is 6.07. The number of nitrogens with one attached hydrogen (secondary N) is 1. The van der Waals surface area contributed by atoms with Crippen LogP contribution in [0.3, 0.4) is 0 Å². The molecule has 0 aliphatic heterocycles. The fraction of sp³-hybridized carbons (Fsp3) is 0.750. The van der Waals surface area contributed by atoms with Gasteiger partial charge in [-0.1, -0.05) is 12.8 Å². The van der Waals surface area contributed by atoms with Gasteiger partial charge in [0.1, 0.15) is 5.82 Å². The first-order valence-corrected chi connectivity index (χ1v) is 6.07. The van der Waals surface area contributed by atoms with Gasteiger partial charge in [0.05, 0.1) is 0 Å². The third-order valence-electron chi connectivity index (χ3n) is 3.29. The van der Waals surface area contributed by atoms with Gasteiger partial charge >= 0.3 is 0 Å². The molecule has 0 unspecified atom stereocenters. The first kappa shape index (κ1) is 10.7. The smallest absolute Gasteiger partial charge is 0.105 e. The van der Waals surface area contributed by atoms with Crippen molar-refractivity contribution >= 4 is 0 Å². The molecule has 0 aromatic carbocycles. The van der Waals surface area contributed by atoms with E-state index in [9.17, 15) is 0 Å². The average molecular weight is 207 g/mol. The summed E-state index contributed by atoms with van der Waals surface area (Å²) in [7, 11) is 0. The molecular formula is C12H21N3. The van der Waals surface area contributed by atoms with Crippen molar-refractivity contribution in [1.82, 2.24) is 14.9 Å². The lowest BCUT2D eigenvalue weighted by Crippen LogP contribution is -2.27. The van der Waals surface area contributed by atoms with Gasteiger partial charge in [-0.2, -0.15) is 0 Å². The van der Waals surface area contributed by atoms with Crippen LogP contribution in [0.25, 0.3) is 0 Å². The molecule has 1 N–H and O–H groups in total. The Kier molecular flexibility index (Phi) is 3.78. The summed E-state index contributed by atoms with van der Waals surface area (Å²) in [6.45, 7) is 4.29. The second kappa shape index (κ2) is 5.31. The van der Waals surface area contributed by atoms with Crippen LogP contribution in [0, 0.1) is 6.92 Å². The zero-order chi connectivity index (χ0) is 10.5.